The Morgan fingerprint density at radius 1 is 1.15 bits per heavy atom. The Hall–Kier alpha value is -2.60. The van der Waals surface area contributed by atoms with Crippen LogP contribution in [0.2, 0.25) is 0 Å². The number of nitrogens with one attached hydrogen (secondary N) is 1. The van der Waals surface area contributed by atoms with Gasteiger partial charge < -0.3 is 19.9 Å². The van der Waals surface area contributed by atoms with Crippen molar-refractivity contribution in [1.29, 1.82) is 0 Å². The Balaban J connectivity index is 1.81. The standard InChI is InChI=1S/C20H24FN3O2/c1-3-23-10-12-24(13-11-23)18-7-5-4-6-17(18)22-20(25)16-14-15(21)8-9-19(16)26-2/h4-9,14H,3,10-13H2,1-2H3,(H,22,25). The maximum absolute atomic E-state index is 13.6. The molecular formula is C20H24FN3O2. The smallest absolute Gasteiger partial charge is 0.259 e. The molecule has 6 heteroatoms. The van der Waals surface area contributed by atoms with E-state index >= 15 is 0 Å². The zero-order valence-corrected chi connectivity index (χ0v) is 15.2. The van der Waals surface area contributed by atoms with E-state index in [0.29, 0.717) is 11.4 Å². The molecule has 2 aromatic carbocycles. The van der Waals surface area contributed by atoms with E-state index in [2.05, 4.69) is 22.0 Å². The molecule has 1 N–H and O–H groups in total. The Morgan fingerprint density at radius 3 is 2.58 bits per heavy atom. The zero-order chi connectivity index (χ0) is 18.5. The molecule has 0 radical (unpaired) electrons. The monoisotopic (exact) mass is 357 g/mol. The fraction of sp³-hybridized carbons (Fsp3) is 0.350. The number of anilines is 2. The number of methoxy groups -OCH3 is 1. The number of amides is 1. The molecule has 1 heterocycles. The van der Waals surface area contributed by atoms with Gasteiger partial charge in [0.2, 0.25) is 0 Å². The summed E-state index contributed by atoms with van der Waals surface area (Å²) in [7, 11) is 1.46. The van der Waals surface area contributed by atoms with Crippen LogP contribution >= 0.6 is 0 Å². The second-order valence-corrected chi connectivity index (χ2v) is 6.24. The van der Waals surface area contributed by atoms with E-state index in [1.807, 2.05) is 24.3 Å². The molecule has 0 saturated carbocycles. The summed E-state index contributed by atoms with van der Waals surface area (Å²) < 4.78 is 18.8. The van der Waals surface area contributed by atoms with Crippen LogP contribution in [0.5, 0.6) is 5.75 Å². The highest BCUT2D eigenvalue weighted by molar-refractivity contribution is 6.07. The van der Waals surface area contributed by atoms with Crippen molar-refractivity contribution in [2.45, 2.75) is 6.92 Å². The zero-order valence-electron chi connectivity index (χ0n) is 15.2. The third-order valence-electron chi connectivity index (χ3n) is 4.72. The van der Waals surface area contributed by atoms with Crippen molar-refractivity contribution in [3.63, 3.8) is 0 Å². The number of benzene rings is 2. The van der Waals surface area contributed by atoms with Gasteiger partial charge in [0.05, 0.1) is 24.0 Å². The van der Waals surface area contributed by atoms with Crippen LogP contribution in [0.25, 0.3) is 0 Å². The van der Waals surface area contributed by atoms with Crippen molar-refractivity contribution in [2.75, 3.05) is 50.1 Å². The summed E-state index contributed by atoms with van der Waals surface area (Å²) in [4.78, 5) is 17.4. The first-order chi connectivity index (χ1) is 12.6. The number of carbonyl (C=O) groups excluding carboxylic acids is 1. The summed E-state index contributed by atoms with van der Waals surface area (Å²) in [6, 6.07) is 11.6. The number of halogens is 1. The van der Waals surface area contributed by atoms with Gasteiger partial charge in [0.15, 0.2) is 0 Å². The van der Waals surface area contributed by atoms with Gasteiger partial charge in [0.25, 0.3) is 5.91 Å². The number of nitrogens with zero attached hydrogens (tertiary/aromatic N) is 2. The molecule has 0 aliphatic carbocycles. The van der Waals surface area contributed by atoms with E-state index in [4.69, 9.17) is 4.74 Å². The molecule has 0 bridgehead atoms. The van der Waals surface area contributed by atoms with Crippen molar-refractivity contribution in [1.82, 2.24) is 4.90 Å². The average molecular weight is 357 g/mol. The number of ether oxygens (including phenoxy) is 1. The van der Waals surface area contributed by atoms with E-state index in [1.54, 1.807) is 0 Å². The van der Waals surface area contributed by atoms with Gasteiger partial charge in [-0.2, -0.15) is 0 Å². The topological polar surface area (TPSA) is 44.8 Å². The Bertz CT molecular complexity index is 773. The number of likely N-dealkylation sites (N-methyl/N-ethyl adjacent to an activating group) is 1. The fourth-order valence-corrected chi connectivity index (χ4v) is 3.21. The van der Waals surface area contributed by atoms with Crippen LogP contribution in [0.1, 0.15) is 17.3 Å². The number of hydrogen-bond donors (Lipinski definition) is 1. The van der Waals surface area contributed by atoms with Crippen LogP contribution in [0.15, 0.2) is 42.5 Å². The number of carbonyl (C=O) groups is 1. The van der Waals surface area contributed by atoms with Crippen LogP contribution in [0.4, 0.5) is 15.8 Å². The van der Waals surface area contributed by atoms with E-state index in [-0.39, 0.29) is 11.5 Å². The maximum atomic E-state index is 13.6. The van der Waals surface area contributed by atoms with Gasteiger partial charge in [-0.25, -0.2) is 4.39 Å². The van der Waals surface area contributed by atoms with Crippen LogP contribution in [-0.4, -0.2) is 50.6 Å². The molecule has 0 atom stereocenters. The third-order valence-corrected chi connectivity index (χ3v) is 4.72. The van der Waals surface area contributed by atoms with Crippen molar-refractivity contribution in [3.8, 4) is 5.75 Å². The molecule has 138 valence electrons. The van der Waals surface area contributed by atoms with Gasteiger partial charge in [0, 0.05) is 26.2 Å². The highest BCUT2D eigenvalue weighted by atomic mass is 19.1. The number of piperazine rings is 1. The lowest BCUT2D eigenvalue weighted by Gasteiger charge is -2.36. The van der Waals surface area contributed by atoms with Gasteiger partial charge in [-0.3, -0.25) is 4.79 Å². The Labute approximate surface area is 153 Å². The molecule has 2 aromatic rings. The first kappa shape index (κ1) is 18.2. The quantitative estimate of drug-likeness (QED) is 0.892. The minimum Gasteiger partial charge on any atom is -0.496 e. The molecule has 3 rings (SSSR count). The molecule has 1 saturated heterocycles. The molecule has 5 nitrogen and oxygen atoms in total. The highest BCUT2D eigenvalue weighted by Crippen LogP contribution is 2.28. The Morgan fingerprint density at radius 2 is 1.88 bits per heavy atom. The van der Waals surface area contributed by atoms with Crippen LogP contribution in [-0.2, 0) is 0 Å². The minimum atomic E-state index is -0.472. The molecular weight excluding hydrogens is 333 g/mol. The van der Waals surface area contributed by atoms with Gasteiger partial charge in [-0.1, -0.05) is 19.1 Å². The second-order valence-electron chi connectivity index (χ2n) is 6.24. The maximum Gasteiger partial charge on any atom is 0.259 e. The summed E-state index contributed by atoms with van der Waals surface area (Å²) in [5, 5.41) is 2.91. The molecule has 1 fully saturated rings. The third kappa shape index (κ3) is 3.96. The summed E-state index contributed by atoms with van der Waals surface area (Å²) >= 11 is 0. The lowest BCUT2D eigenvalue weighted by atomic mass is 10.1. The van der Waals surface area contributed by atoms with E-state index in [1.165, 1.54) is 25.3 Å². The van der Waals surface area contributed by atoms with Crippen LogP contribution < -0.4 is 15.0 Å². The first-order valence-electron chi connectivity index (χ1n) is 8.83. The van der Waals surface area contributed by atoms with Gasteiger partial charge in [-0.05, 0) is 36.9 Å². The lowest BCUT2D eigenvalue weighted by Crippen LogP contribution is -2.46. The number of hydrogen-bond acceptors (Lipinski definition) is 4. The molecule has 0 unspecified atom stereocenters. The Kier molecular flexibility index (Phi) is 5.73. The van der Waals surface area contributed by atoms with Crippen molar-refractivity contribution in [3.05, 3.63) is 53.8 Å². The second kappa shape index (κ2) is 8.19. The SMILES string of the molecule is CCN1CCN(c2ccccc2NC(=O)c2cc(F)ccc2OC)CC1. The molecule has 1 aliphatic heterocycles. The first-order valence-corrected chi connectivity index (χ1v) is 8.83. The normalized spacial score (nSPS) is 15.0. The lowest BCUT2D eigenvalue weighted by molar-refractivity contribution is 0.102. The average Bonchev–Trinajstić information content (AvgIpc) is 2.68. The largest absolute Gasteiger partial charge is 0.496 e. The van der Waals surface area contributed by atoms with E-state index in [0.717, 1.165) is 38.4 Å². The van der Waals surface area contributed by atoms with Crippen molar-refractivity contribution < 1.29 is 13.9 Å². The van der Waals surface area contributed by atoms with E-state index < -0.39 is 5.82 Å². The van der Waals surface area contributed by atoms with Crippen LogP contribution in [0.3, 0.4) is 0 Å². The molecule has 26 heavy (non-hydrogen) atoms. The predicted molar refractivity (Wildman–Crippen MR) is 102 cm³/mol. The molecule has 0 spiro atoms. The molecule has 1 amide bonds. The fourth-order valence-electron chi connectivity index (χ4n) is 3.21. The van der Waals surface area contributed by atoms with Crippen LogP contribution in [0, 0.1) is 5.82 Å². The predicted octanol–water partition coefficient (Wildman–Crippen LogP) is 3.23. The summed E-state index contributed by atoms with van der Waals surface area (Å²) in [5.74, 6) is -0.515. The summed E-state index contributed by atoms with van der Waals surface area (Å²) in [6.45, 7) is 7.02. The summed E-state index contributed by atoms with van der Waals surface area (Å²) in [5.41, 5.74) is 1.87. The van der Waals surface area contributed by atoms with Crippen molar-refractivity contribution in [2.24, 2.45) is 0 Å². The number of para-hydroxylation sites is 2. The van der Waals surface area contributed by atoms with E-state index in [9.17, 15) is 9.18 Å². The summed E-state index contributed by atoms with van der Waals surface area (Å²) in [6.07, 6.45) is 0. The molecule has 0 aromatic heterocycles. The highest BCUT2D eigenvalue weighted by Gasteiger charge is 2.20. The van der Waals surface area contributed by atoms with Gasteiger partial charge >= 0.3 is 0 Å². The number of rotatable bonds is 5. The van der Waals surface area contributed by atoms with Crippen molar-refractivity contribution >= 4 is 17.3 Å². The molecule has 1 aliphatic rings. The van der Waals surface area contributed by atoms with Gasteiger partial charge in [-0.15, -0.1) is 0 Å². The minimum absolute atomic E-state index is 0.179. The van der Waals surface area contributed by atoms with Gasteiger partial charge in [0.1, 0.15) is 11.6 Å².